The van der Waals surface area contributed by atoms with Crippen molar-refractivity contribution in [1.29, 1.82) is 0 Å². The van der Waals surface area contributed by atoms with E-state index in [0.717, 1.165) is 34.4 Å². The van der Waals surface area contributed by atoms with Gasteiger partial charge < -0.3 is 14.8 Å². The third-order valence-corrected chi connectivity index (χ3v) is 8.86. The van der Waals surface area contributed by atoms with Gasteiger partial charge in [0.1, 0.15) is 5.82 Å². The van der Waals surface area contributed by atoms with Crippen LogP contribution in [-0.4, -0.2) is 59.6 Å². The highest BCUT2D eigenvalue weighted by molar-refractivity contribution is 9.10. The molecule has 10 nitrogen and oxygen atoms in total. The Morgan fingerprint density at radius 3 is 2.73 bits per heavy atom. The zero-order valence-corrected chi connectivity index (χ0v) is 22.9. The maximum atomic E-state index is 13.6. The number of rotatable bonds is 8. The fourth-order valence-corrected chi connectivity index (χ4v) is 6.40. The standard InChI is InChI=1S/C25H27BrN6O4S/c1-35-22-8-7-19(11-23(22)36-2)37(33,34)31-10-4-6-18(16-31)21-12-24(28-14-17-5-3-9-27-13-17)32-25(30-21)20(26)15-29-32/h3,5,7-9,11-13,15,18,28H,4,6,10,14,16H2,1-2H3. The van der Waals surface area contributed by atoms with Crippen LogP contribution in [0.2, 0.25) is 0 Å². The molecule has 194 valence electrons. The average Bonchev–Trinajstić information content (AvgIpc) is 3.32. The zero-order chi connectivity index (χ0) is 26.0. The number of hydrogen-bond donors (Lipinski definition) is 1. The summed E-state index contributed by atoms with van der Waals surface area (Å²) in [6.45, 7) is 1.33. The van der Waals surface area contributed by atoms with Crippen LogP contribution in [-0.2, 0) is 16.6 Å². The molecule has 5 rings (SSSR count). The summed E-state index contributed by atoms with van der Waals surface area (Å²) >= 11 is 3.54. The summed E-state index contributed by atoms with van der Waals surface area (Å²) in [5.74, 6) is 1.55. The minimum absolute atomic E-state index is 0.0746. The normalized spacial score (nSPS) is 16.6. The first-order chi connectivity index (χ1) is 17.9. The number of piperidine rings is 1. The fourth-order valence-electron chi connectivity index (χ4n) is 4.51. The van der Waals surface area contributed by atoms with Crippen LogP contribution in [0.3, 0.4) is 0 Å². The molecule has 0 bridgehead atoms. The summed E-state index contributed by atoms with van der Waals surface area (Å²) in [6, 6.07) is 10.5. The molecular weight excluding hydrogens is 560 g/mol. The Labute approximate surface area is 223 Å². The van der Waals surface area contributed by atoms with Gasteiger partial charge in [-0.1, -0.05) is 6.07 Å². The molecule has 4 aromatic rings. The number of hydrogen-bond acceptors (Lipinski definition) is 8. The molecule has 1 fully saturated rings. The summed E-state index contributed by atoms with van der Waals surface area (Å²) in [5, 5.41) is 7.87. The number of aromatic nitrogens is 4. The lowest BCUT2D eigenvalue weighted by Crippen LogP contribution is -2.39. The molecule has 0 aliphatic carbocycles. The highest BCUT2D eigenvalue weighted by atomic mass is 79.9. The molecule has 12 heteroatoms. The summed E-state index contributed by atoms with van der Waals surface area (Å²) in [4.78, 5) is 9.20. The summed E-state index contributed by atoms with van der Waals surface area (Å²) in [5.41, 5.74) is 2.52. The van der Waals surface area contributed by atoms with Crippen molar-refractivity contribution in [3.63, 3.8) is 0 Å². The van der Waals surface area contributed by atoms with Crippen molar-refractivity contribution in [2.45, 2.75) is 30.2 Å². The second-order valence-electron chi connectivity index (χ2n) is 8.73. The van der Waals surface area contributed by atoms with Crippen molar-refractivity contribution in [3.05, 3.63) is 70.7 Å². The van der Waals surface area contributed by atoms with Crippen LogP contribution in [0.15, 0.2) is 64.4 Å². The van der Waals surface area contributed by atoms with Crippen LogP contribution in [0.4, 0.5) is 5.82 Å². The van der Waals surface area contributed by atoms with Gasteiger partial charge in [-0.2, -0.15) is 13.9 Å². The quantitative estimate of drug-likeness (QED) is 0.329. The van der Waals surface area contributed by atoms with E-state index in [1.807, 2.05) is 24.4 Å². The Balaban J connectivity index is 1.43. The van der Waals surface area contributed by atoms with Gasteiger partial charge in [-0.15, -0.1) is 0 Å². The van der Waals surface area contributed by atoms with Crippen LogP contribution in [0.1, 0.15) is 30.0 Å². The van der Waals surface area contributed by atoms with E-state index in [9.17, 15) is 8.42 Å². The van der Waals surface area contributed by atoms with Crippen molar-refractivity contribution in [2.24, 2.45) is 0 Å². The van der Waals surface area contributed by atoms with Crippen LogP contribution < -0.4 is 14.8 Å². The highest BCUT2D eigenvalue weighted by Gasteiger charge is 2.32. The minimum atomic E-state index is -3.74. The molecule has 4 heterocycles. The number of sulfonamides is 1. The molecule has 0 spiro atoms. The predicted molar refractivity (Wildman–Crippen MR) is 143 cm³/mol. The van der Waals surface area contributed by atoms with E-state index in [1.165, 1.54) is 24.6 Å². The maximum Gasteiger partial charge on any atom is 0.243 e. The Morgan fingerprint density at radius 2 is 1.97 bits per heavy atom. The molecule has 1 N–H and O–H groups in total. The van der Waals surface area contributed by atoms with Gasteiger partial charge >= 0.3 is 0 Å². The number of anilines is 1. The molecule has 3 aromatic heterocycles. The molecule has 1 saturated heterocycles. The summed E-state index contributed by atoms with van der Waals surface area (Å²) < 4.78 is 41.7. The van der Waals surface area contributed by atoms with Gasteiger partial charge in [-0.05, 0) is 52.5 Å². The molecular formula is C25H27BrN6O4S. The van der Waals surface area contributed by atoms with Gasteiger partial charge in [-0.3, -0.25) is 4.98 Å². The first kappa shape index (κ1) is 25.4. The van der Waals surface area contributed by atoms with Crippen molar-refractivity contribution in [3.8, 4) is 11.5 Å². The number of halogens is 1. The predicted octanol–water partition coefficient (Wildman–Crippen LogP) is 4.08. The van der Waals surface area contributed by atoms with E-state index in [2.05, 4.69) is 31.3 Å². The van der Waals surface area contributed by atoms with E-state index in [-0.39, 0.29) is 10.8 Å². The topological polar surface area (TPSA) is 111 Å². The van der Waals surface area contributed by atoms with E-state index >= 15 is 0 Å². The van der Waals surface area contributed by atoms with Gasteiger partial charge in [0.05, 0.1) is 35.5 Å². The van der Waals surface area contributed by atoms with Crippen LogP contribution in [0, 0.1) is 0 Å². The molecule has 1 aliphatic rings. The first-order valence-corrected chi connectivity index (χ1v) is 14.0. The third-order valence-electron chi connectivity index (χ3n) is 6.44. The first-order valence-electron chi connectivity index (χ1n) is 11.8. The van der Waals surface area contributed by atoms with Crippen molar-refractivity contribution < 1.29 is 17.9 Å². The van der Waals surface area contributed by atoms with Gasteiger partial charge in [0.15, 0.2) is 17.1 Å². The molecule has 0 saturated carbocycles. The number of benzene rings is 1. The molecule has 1 aromatic carbocycles. The van der Waals surface area contributed by atoms with Crippen molar-refractivity contribution >= 4 is 37.4 Å². The Kier molecular flexibility index (Phi) is 7.31. The Bertz CT molecular complexity index is 1510. The smallest absolute Gasteiger partial charge is 0.243 e. The molecule has 1 aliphatic heterocycles. The van der Waals surface area contributed by atoms with Crippen LogP contribution >= 0.6 is 15.9 Å². The largest absolute Gasteiger partial charge is 0.493 e. The maximum absolute atomic E-state index is 13.6. The number of nitrogens with one attached hydrogen (secondary N) is 1. The molecule has 0 radical (unpaired) electrons. The van der Waals surface area contributed by atoms with E-state index in [1.54, 1.807) is 29.0 Å². The summed E-state index contributed by atoms with van der Waals surface area (Å²) in [7, 11) is -0.731. The van der Waals surface area contributed by atoms with Gasteiger partial charge in [0.25, 0.3) is 0 Å². The van der Waals surface area contributed by atoms with Crippen LogP contribution in [0.25, 0.3) is 5.65 Å². The summed E-state index contributed by atoms with van der Waals surface area (Å²) in [6.07, 6.45) is 6.80. The monoisotopic (exact) mass is 586 g/mol. The third kappa shape index (κ3) is 5.13. The second-order valence-corrected chi connectivity index (χ2v) is 11.5. The molecule has 1 unspecified atom stereocenters. The van der Waals surface area contributed by atoms with Crippen molar-refractivity contribution in [2.75, 3.05) is 32.6 Å². The van der Waals surface area contributed by atoms with E-state index < -0.39 is 10.0 Å². The number of fused-ring (bicyclic) bond motifs is 1. The molecule has 0 amide bonds. The zero-order valence-electron chi connectivity index (χ0n) is 20.5. The minimum Gasteiger partial charge on any atom is -0.493 e. The van der Waals surface area contributed by atoms with E-state index in [0.29, 0.717) is 36.8 Å². The van der Waals surface area contributed by atoms with Gasteiger partial charge in [0, 0.05) is 50.1 Å². The van der Waals surface area contributed by atoms with Gasteiger partial charge in [-0.25, -0.2) is 13.4 Å². The van der Waals surface area contributed by atoms with Crippen LogP contribution in [0.5, 0.6) is 11.5 Å². The number of ether oxygens (including phenoxy) is 2. The Morgan fingerprint density at radius 1 is 1.14 bits per heavy atom. The number of methoxy groups -OCH3 is 2. The highest BCUT2D eigenvalue weighted by Crippen LogP contribution is 2.34. The lowest BCUT2D eigenvalue weighted by molar-refractivity contribution is 0.312. The number of pyridine rings is 1. The lowest BCUT2D eigenvalue weighted by Gasteiger charge is -2.32. The average molecular weight is 588 g/mol. The Hall–Kier alpha value is -3.22. The fraction of sp³-hybridized carbons (Fsp3) is 0.320. The van der Waals surface area contributed by atoms with E-state index in [4.69, 9.17) is 14.5 Å². The second kappa shape index (κ2) is 10.6. The molecule has 37 heavy (non-hydrogen) atoms. The molecule has 1 atom stereocenters. The lowest BCUT2D eigenvalue weighted by atomic mass is 9.96. The SMILES string of the molecule is COc1ccc(S(=O)(=O)N2CCCC(c3cc(NCc4cccnc4)n4ncc(Br)c4n3)C2)cc1OC. The number of nitrogens with zero attached hydrogens (tertiary/aromatic N) is 5. The van der Waals surface area contributed by atoms with Crippen molar-refractivity contribution in [1.82, 2.24) is 23.9 Å². The van der Waals surface area contributed by atoms with Gasteiger partial charge in [0.2, 0.25) is 10.0 Å².